The number of hydrogen-bond acceptors (Lipinski definition) is 5. The summed E-state index contributed by atoms with van der Waals surface area (Å²) in [6, 6.07) is 0. The Bertz CT molecular complexity index is 210. The predicted octanol–water partition coefficient (Wildman–Crippen LogP) is 0.630. The summed E-state index contributed by atoms with van der Waals surface area (Å²) in [6.07, 6.45) is 0. The first-order valence-electron chi connectivity index (χ1n) is 2.07. The van der Waals surface area contributed by atoms with Crippen molar-refractivity contribution in [2.45, 2.75) is 0 Å². The molecule has 1 aliphatic heterocycles. The second-order valence-corrected chi connectivity index (χ2v) is 4.44. The first kappa shape index (κ1) is 11.6. The molecule has 68 valence electrons. The monoisotopic (exact) mass is 226 g/mol. The zero-order chi connectivity index (χ0) is 7.83. The lowest BCUT2D eigenvalue weighted by atomic mass is 11.6. The Morgan fingerprint density at radius 3 is 2.00 bits per heavy atom. The fourth-order valence-corrected chi connectivity index (χ4v) is 2.01. The molecule has 0 aromatic rings. The number of phosphoric ester groups is 1. The van der Waals surface area contributed by atoms with Crippen LogP contribution in [0.25, 0.3) is 0 Å². The van der Waals surface area contributed by atoms with Gasteiger partial charge in [0.2, 0.25) is 0 Å². The maximum atomic E-state index is 10.5. The molecule has 1 aliphatic rings. The van der Waals surface area contributed by atoms with Gasteiger partial charge in [0.15, 0.2) is 6.79 Å². The number of hydrogen-bond donors (Lipinski definition) is 2. The van der Waals surface area contributed by atoms with E-state index in [1.165, 1.54) is 0 Å². The molecule has 0 unspecified atom stereocenters. The van der Waals surface area contributed by atoms with E-state index in [0.717, 1.165) is 0 Å². The molecule has 2 N–H and O–H groups in total. The lowest BCUT2D eigenvalue weighted by Crippen LogP contribution is -2.11. The second kappa shape index (κ2) is 3.51. The lowest BCUT2D eigenvalue weighted by Gasteiger charge is -2.24. The van der Waals surface area contributed by atoms with Gasteiger partial charge in [0, 0.05) is 0 Å². The van der Waals surface area contributed by atoms with E-state index >= 15 is 0 Å². The van der Waals surface area contributed by atoms with Crippen molar-refractivity contribution in [3.8, 4) is 0 Å². The van der Waals surface area contributed by atoms with E-state index in [2.05, 4.69) is 13.4 Å². The van der Waals surface area contributed by atoms with Crippen LogP contribution in [0.5, 0.6) is 0 Å². The van der Waals surface area contributed by atoms with Gasteiger partial charge in [0.1, 0.15) is 0 Å². The molecule has 10 heteroatoms. The van der Waals surface area contributed by atoms with E-state index < -0.39 is 15.6 Å². The van der Waals surface area contributed by atoms with E-state index in [4.69, 9.17) is 9.79 Å². The lowest BCUT2D eigenvalue weighted by molar-refractivity contribution is -0.0259. The van der Waals surface area contributed by atoms with Crippen molar-refractivity contribution in [2.75, 3.05) is 6.79 Å². The molecule has 0 radical (unpaired) electrons. The molecule has 0 saturated carbocycles. The van der Waals surface area contributed by atoms with Crippen LogP contribution in [-0.4, -0.2) is 16.6 Å². The molecule has 0 aromatic carbocycles. The summed E-state index contributed by atoms with van der Waals surface area (Å²) in [7, 11) is -8.64. The van der Waals surface area contributed by atoms with E-state index in [1.54, 1.807) is 0 Å². The Labute approximate surface area is 67.9 Å². The van der Waals surface area contributed by atoms with Crippen molar-refractivity contribution in [3.05, 3.63) is 0 Å². The molecular formula is CH5ClO7P2. The van der Waals surface area contributed by atoms with E-state index in [9.17, 15) is 9.13 Å². The Kier molecular flexibility index (Phi) is 3.69. The van der Waals surface area contributed by atoms with Crippen molar-refractivity contribution < 1.29 is 32.3 Å². The molecule has 7 nitrogen and oxygen atoms in total. The van der Waals surface area contributed by atoms with Gasteiger partial charge >= 0.3 is 15.6 Å². The molecule has 0 amide bonds. The van der Waals surface area contributed by atoms with Gasteiger partial charge in [-0.3, -0.25) is 9.05 Å². The molecule has 0 spiro atoms. The number of halogens is 1. The molecule has 1 rings (SSSR count). The van der Waals surface area contributed by atoms with Crippen molar-refractivity contribution in [3.63, 3.8) is 0 Å². The number of phosphoric acid groups is 2. The summed E-state index contributed by atoms with van der Waals surface area (Å²) < 4.78 is 32.4. The van der Waals surface area contributed by atoms with Crippen LogP contribution in [0.1, 0.15) is 0 Å². The summed E-state index contributed by atoms with van der Waals surface area (Å²) in [5.74, 6) is 0. The second-order valence-electron chi connectivity index (χ2n) is 1.40. The van der Waals surface area contributed by atoms with Gasteiger partial charge in [-0.15, -0.1) is 12.4 Å². The SMILES string of the molecule is Cl.O=P(O)(O)OP1(=O)OCO1. The van der Waals surface area contributed by atoms with Gasteiger partial charge in [-0.25, -0.2) is 9.13 Å². The highest BCUT2D eigenvalue weighted by Crippen LogP contribution is 2.65. The molecule has 1 fully saturated rings. The van der Waals surface area contributed by atoms with Crippen LogP contribution < -0.4 is 0 Å². The summed E-state index contributed by atoms with van der Waals surface area (Å²) in [6.45, 7) is -0.267. The van der Waals surface area contributed by atoms with Crippen molar-refractivity contribution in [1.29, 1.82) is 0 Å². The van der Waals surface area contributed by atoms with E-state index in [-0.39, 0.29) is 19.2 Å². The van der Waals surface area contributed by atoms with Crippen molar-refractivity contribution in [1.82, 2.24) is 0 Å². The average Bonchev–Trinajstić information content (AvgIpc) is 1.57. The van der Waals surface area contributed by atoms with Gasteiger partial charge in [-0.2, -0.15) is 4.31 Å². The molecule has 1 saturated heterocycles. The van der Waals surface area contributed by atoms with Gasteiger partial charge in [0.05, 0.1) is 0 Å². The Morgan fingerprint density at radius 1 is 1.45 bits per heavy atom. The molecule has 0 aliphatic carbocycles. The third kappa shape index (κ3) is 3.64. The van der Waals surface area contributed by atoms with Gasteiger partial charge in [0.25, 0.3) is 0 Å². The highest BCUT2D eigenvalue weighted by atomic mass is 35.5. The molecule has 0 atom stereocenters. The van der Waals surface area contributed by atoms with Crippen LogP contribution in [0.4, 0.5) is 0 Å². The quantitative estimate of drug-likeness (QED) is 0.666. The van der Waals surface area contributed by atoms with E-state index in [1.807, 2.05) is 0 Å². The first-order chi connectivity index (χ1) is 4.41. The minimum absolute atomic E-state index is 0. The van der Waals surface area contributed by atoms with E-state index in [0.29, 0.717) is 0 Å². The van der Waals surface area contributed by atoms with Crippen LogP contribution in [0.3, 0.4) is 0 Å². The third-order valence-corrected chi connectivity index (χ3v) is 3.12. The maximum absolute atomic E-state index is 10.5. The van der Waals surface area contributed by atoms with Crippen molar-refractivity contribution in [2.24, 2.45) is 0 Å². The average molecular weight is 226 g/mol. The van der Waals surface area contributed by atoms with Crippen LogP contribution in [0.15, 0.2) is 0 Å². The summed E-state index contributed by atoms with van der Waals surface area (Å²) in [4.78, 5) is 16.1. The molecule has 1 heterocycles. The van der Waals surface area contributed by atoms with Gasteiger partial charge < -0.3 is 9.79 Å². The fourth-order valence-electron chi connectivity index (χ4n) is 0.316. The predicted molar refractivity (Wildman–Crippen MR) is 35.0 cm³/mol. The molecular weight excluding hydrogens is 221 g/mol. The zero-order valence-corrected chi connectivity index (χ0v) is 7.55. The van der Waals surface area contributed by atoms with Crippen molar-refractivity contribution >= 4 is 28.1 Å². The zero-order valence-electron chi connectivity index (χ0n) is 4.95. The summed E-state index contributed by atoms with van der Waals surface area (Å²) in [5.41, 5.74) is 0. The van der Waals surface area contributed by atoms with Crippen LogP contribution in [0.2, 0.25) is 0 Å². The molecule has 0 aromatic heterocycles. The smallest absolute Gasteiger partial charge is 0.302 e. The first-order valence-corrected chi connectivity index (χ1v) is 5.06. The highest BCUT2D eigenvalue weighted by molar-refractivity contribution is 7.61. The summed E-state index contributed by atoms with van der Waals surface area (Å²) in [5, 5.41) is 0. The maximum Gasteiger partial charge on any atom is 0.488 e. The summed E-state index contributed by atoms with van der Waals surface area (Å²) >= 11 is 0. The minimum Gasteiger partial charge on any atom is -0.302 e. The number of rotatable bonds is 2. The minimum atomic E-state index is -4.77. The fraction of sp³-hybridized carbons (Fsp3) is 1.00. The Morgan fingerprint density at radius 2 is 1.91 bits per heavy atom. The highest BCUT2D eigenvalue weighted by Gasteiger charge is 2.42. The molecule has 11 heavy (non-hydrogen) atoms. The third-order valence-electron chi connectivity index (χ3n) is 0.628. The van der Waals surface area contributed by atoms with Crippen LogP contribution in [0, 0.1) is 0 Å². The topological polar surface area (TPSA) is 102 Å². The molecule has 0 bridgehead atoms. The normalized spacial score (nSPS) is 21.6. The van der Waals surface area contributed by atoms with Gasteiger partial charge in [-0.1, -0.05) is 0 Å². The largest absolute Gasteiger partial charge is 0.488 e. The standard InChI is InChI=1S/CH4O7P2.ClH/c2-9(3,4)8-10(5)6-1-7-10;/h1H2,(H2,2,3,4);1H. The Balaban J connectivity index is 0.000001000. The van der Waals surface area contributed by atoms with Crippen LogP contribution >= 0.6 is 28.1 Å². The Hall–Kier alpha value is 0.550. The van der Waals surface area contributed by atoms with Gasteiger partial charge in [-0.05, 0) is 0 Å². The van der Waals surface area contributed by atoms with Crippen LogP contribution in [-0.2, 0) is 22.5 Å².